The molecule has 190 valence electrons. The van der Waals surface area contributed by atoms with E-state index in [0.29, 0.717) is 12.1 Å². The molecule has 0 saturated carbocycles. The Hall–Kier alpha value is -4.66. The fraction of sp³-hybridized carbons (Fsp3) is 0.241. The van der Waals surface area contributed by atoms with Crippen molar-refractivity contribution >= 4 is 29.1 Å². The molecule has 1 saturated heterocycles. The van der Waals surface area contributed by atoms with Gasteiger partial charge in [0.15, 0.2) is 12.1 Å². The standard InChI is InChI=1S/C29H26N6O3/c1-2-19-13-15-22(16-14-19)34-28(37)26-27(29(34)38)33(32-30-26)18-25(36)35-24(21-11-7-4-8-12-21)17-23(31-35)20-9-5-3-6-10-20/h3-16,24,26-27H,2,17-18H2,1H3/t24-,26-,27-/m0/s1. The zero-order chi connectivity index (χ0) is 26.2. The number of aryl methyl sites for hydroxylation is 1. The topological polar surface area (TPSA) is 98.0 Å². The molecule has 0 bridgehead atoms. The molecule has 9 nitrogen and oxygen atoms in total. The summed E-state index contributed by atoms with van der Waals surface area (Å²) in [5.41, 5.74) is 4.32. The number of hydrogen-bond donors (Lipinski definition) is 0. The minimum absolute atomic E-state index is 0.221. The first kappa shape index (κ1) is 23.7. The third-order valence-corrected chi connectivity index (χ3v) is 7.22. The average Bonchev–Trinajstić information content (AvgIpc) is 3.65. The van der Waals surface area contributed by atoms with Gasteiger partial charge in [-0.15, -0.1) is 0 Å². The number of hydrogen-bond acceptors (Lipinski definition) is 7. The molecule has 3 aromatic rings. The van der Waals surface area contributed by atoms with Crippen LogP contribution in [0.5, 0.6) is 0 Å². The Kier molecular flexibility index (Phi) is 6.03. The van der Waals surface area contributed by atoms with E-state index in [-0.39, 0.29) is 18.5 Å². The summed E-state index contributed by atoms with van der Waals surface area (Å²) in [6.45, 7) is 1.82. The first-order chi connectivity index (χ1) is 18.5. The van der Waals surface area contributed by atoms with Gasteiger partial charge in [-0.2, -0.15) is 10.2 Å². The highest BCUT2D eigenvalue weighted by atomic mass is 16.2. The summed E-state index contributed by atoms with van der Waals surface area (Å²) in [5.74, 6) is -1.19. The molecule has 0 unspecified atom stereocenters. The van der Waals surface area contributed by atoms with E-state index in [4.69, 9.17) is 5.10 Å². The van der Waals surface area contributed by atoms with Crippen LogP contribution in [0.15, 0.2) is 100 Å². The Bertz CT molecular complexity index is 1440. The molecule has 9 heteroatoms. The summed E-state index contributed by atoms with van der Waals surface area (Å²) < 4.78 is 0. The van der Waals surface area contributed by atoms with Gasteiger partial charge in [0.1, 0.15) is 6.54 Å². The maximum atomic E-state index is 13.6. The van der Waals surface area contributed by atoms with Gasteiger partial charge < -0.3 is 0 Å². The van der Waals surface area contributed by atoms with Crippen molar-refractivity contribution in [1.82, 2.24) is 10.0 Å². The van der Waals surface area contributed by atoms with Crippen LogP contribution in [0.1, 0.15) is 36.1 Å². The van der Waals surface area contributed by atoms with Gasteiger partial charge in [0, 0.05) is 6.42 Å². The average molecular weight is 507 g/mol. The number of amides is 3. The zero-order valence-electron chi connectivity index (χ0n) is 20.8. The van der Waals surface area contributed by atoms with Gasteiger partial charge in [0.2, 0.25) is 0 Å². The monoisotopic (exact) mass is 506 g/mol. The molecule has 3 heterocycles. The minimum Gasteiger partial charge on any atom is -0.271 e. The highest BCUT2D eigenvalue weighted by Gasteiger charge is 2.55. The second-order valence-corrected chi connectivity index (χ2v) is 9.51. The number of nitrogens with zero attached hydrogens (tertiary/aromatic N) is 6. The molecule has 3 aromatic carbocycles. The summed E-state index contributed by atoms with van der Waals surface area (Å²) in [5, 5.41) is 15.6. The van der Waals surface area contributed by atoms with Crippen molar-refractivity contribution in [1.29, 1.82) is 0 Å². The van der Waals surface area contributed by atoms with Crippen molar-refractivity contribution in [2.75, 3.05) is 11.4 Å². The number of benzene rings is 3. The van der Waals surface area contributed by atoms with E-state index < -0.39 is 23.9 Å². The van der Waals surface area contributed by atoms with Crippen LogP contribution in [-0.2, 0) is 20.8 Å². The first-order valence-corrected chi connectivity index (χ1v) is 12.7. The number of hydrazone groups is 1. The summed E-state index contributed by atoms with van der Waals surface area (Å²) in [4.78, 5) is 41.2. The van der Waals surface area contributed by atoms with Gasteiger partial charge in [-0.1, -0.05) is 84.9 Å². The number of carbonyl (C=O) groups is 3. The fourth-order valence-corrected chi connectivity index (χ4v) is 5.18. The van der Waals surface area contributed by atoms with Gasteiger partial charge >= 0.3 is 0 Å². The third-order valence-electron chi connectivity index (χ3n) is 7.22. The molecule has 3 aliphatic heterocycles. The van der Waals surface area contributed by atoms with E-state index in [0.717, 1.165) is 33.7 Å². The summed E-state index contributed by atoms with van der Waals surface area (Å²) in [7, 11) is 0. The minimum atomic E-state index is -0.965. The van der Waals surface area contributed by atoms with E-state index in [1.54, 1.807) is 12.1 Å². The van der Waals surface area contributed by atoms with E-state index >= 15 is 0 Å². The summed E-state index contributed by atoms with van der Waals surface area (Å²) in [6.07, 6.45) is 1.42. The van der Waals surface area contributed by atoms with E-state index in [9.17, 15) is 14.4 Å². The third kappa shape index (κ3) is 4.06. The maximum absolute atomic E-state index is 13.6. The van der Waals surface area contributed by atoms with Crippen molar-refractivity contribution in [2.24, 2.45) is 15.4 Å². The predicted molar refractivity (Wildman–Crippen MR) is 141 cm³/mol. The van der Waals surface area contributed by atoms with E-state index in [2.05, 4.69) is 10.3 Å². The molecule has 1 fully saturated rings. The van der Waals surface area contributed by atoms with Crippen molar-refractivity contribution in [2.45, 2.75) is 37.9 Å². The lowest BCUT2D eigenvalue weighted by Gasteiger charge is -2.25. The quantitative estimate of drug-likeness (QED) is 0.473. The Labute approximate surface area is 220 Å². The first-order valence-electron chi connectivity index (χ1n) is 12.7. The largest absolute Gasteiger partial charge is 0.271 e. The molecule has 3 amide bonds. The Morgan fingerprint density at radius 2 is 1.58 bits per heavy atom. The molecular formula is C29H26N6O3. The van der Waals surface area contributed by atoms with Crippen LogP contribution < -0.4 is 4.90 Å². The number of rotatable bonds is 6. The lowest BCUT2D eigenvalue weighted by Crippen LogP contribution is -2.44. The molecule has 3 aliphatic rings. The lowest BCUT2D eigenvalue weighted by atomic mass is 9.98. The molecule has 0 aliphatic carbocycles. The predicted octanol–water partition coefficient (Wildman–Crippen LogP) is 3.92. The van der Waals surface area contributed by atoms with Crippen LogP contribution in [0.2, 0.25) is 0 Å². The van der Waals surface area contributed by atoms with Gasteiger partial charge in [-0.3, -0.25) is 19.4 Å². The van der Waals surface area contributed by atoms with Crippen LogP contribution >= 0.6 is 0 Å². The van der Waals surface area contributed by atoms with Crippen molar-refractivity contribution < 1.29 is 14.4 Å². The summed E-state index contributed by atoms with van der Waals surface area (Å²) >= 11 is 0. The van der Waals surface area contributed by atoms with E-state index in [1.807, 2.05) is 79.7 Å². The highest BCUT2D eigenvalue weighted by molar-refractivity contribution is 6.25. The number of carbonyl (C=O) groups excluding carboxylic acids is 3. The van der Waals surface area contributed by atoms with Crippen LogP contribution in [0.25, 0.3) is 0 Å². The molecular weight excluding hydrogens is 480 g/mol. The molecule has 0 radical (unpaired) electrons. The van der Waals surface area contributed by atoms with Crippen molar-refractivity contribution in [3.8, 4) is 0 Å². The van der Waals surface area contributed by atoms with Crippen molar-refractivity contribution in [3.05, 3.63) is 102 Å². The molecule has 38 heavy (non-hydrogen) atoms. The van der Waals surface area contributed by atoms with Gasteiger partial charge in [-0.05, 0) is 35.2 Å². The fourth-order valence-electron chi connectivity index (χ4n) is 5.18. The Morgan fingerprint density at radius 3 is 2.26 bits per heavy atom. The van der Waals surface area contributed by atoms with Crippen LogP contribution in [-0.4, -0.2) is 52.1 Å². The van der Waals surface area contributed by atoms with Crippen LogP contribution in [0.3, 0.4) is 0 Å². The number of anilines is 1. The lowest BCUT2D eigenvalue weighted by molar-refractivity contribution is -0.135. The summed E-state index contributed by atoms with van der Waals surface area (Å²) in [6, 6.07) is 24.6. The SMILES string of the molecule is CCc1ccc(N2C(=O)[C@H]3N=NN(CC(=O)N4N=C(c5ccccc5)C[C@H]4c4ccccc4)[C@@H]3C2=O)cc1. The van der Waals surface area contributed by atoms with Crippen LogP contribution in [0.4, 0.5) is 5.69 Å². The molecule has 0 spiro atoms. The van der Waals surface area contributed by atoms with Crippen molar-refractivity contribution in [3.63, 3.8) is 0 Å². The molecule has 0 aromatic heterocycles. The molecule has 0 N–H and O–H groups in total. The maximum Gasteiger partial charge on any atom is 0.264 e. The smallest absolute Gasteiger partial charge is 0.264 e. The second-order valence-electron chi connectivity index (χ2n) is 9.51. The number of imide groups is 1. The molecule has 3 atom stereocenters. The van der Waals surface area contributed by atoms with Gasteiger partial charge in [-0.25, -0.2) is 9.91 Å². The Balaban J connectivity index is 1.24. The zero-order valence-corrected chi connectivity index (χ0v) is 20.8. The Morgan fingerprint density at radius 1 is 0.895 bits per heavy atom. The normalized spacial score (nSPS) is 22.3. The van der Waals surface area contributed by atoms with Gasteiger partial charge in [0.05, 0.1) is 17.4 Å². The second kappa shape index (κ2) is 9.66. The molecule has 6 rings (SSSR count). The van der Waals surface area contributed by atoms with E-state index in [1.165, 1.54) is 10.0 Å². The van der Waals surface area contributed by atoms with Crippen LogP contribution in [0, 0.1) is 0 Å². The number of fused-ring (bicyclic) bond motifs is 1. The van der Waals surface area contributed by atoms with Gasteiger partial charge in [0.25, 0.3) is 17.7 Å². The highest BCUT2D eigenvalue weighted by Crippen LogP contribution is 2.35.